The van der Waals surface area contributed by atoms with Crippen molar-refractivity contribution in [3.63, 3.8) is 0 Å². The zero-order valence-corrected chi connectivity index (χ0v) is 36.9. The van der Waals surface area contributed by atoms with Crippen LogP contribution in [0.15, 0.2) is 24.3 Å². The number of esters is 1. The van der Waals surface area contributed by atoms with Crippen LogP contribution in [0.1, 0.15) is 213 Å². The number of phosphoric ester groups is 1. The Morgan fingerprint density at radius 1 is 0.571 bits per heavy atom. The van der Waals surface area contributed by atoms with Crippen molar-refractivity contribution in [3.05, 3.63) is 24.3 Å². The van der Waals surface area contributed by atoms with Crippen LogP contribution in [0.4, 0.5) is 0 Å². The SMILES string of the molecule is CCCCCC/C=C\C/C=C\CCCCCCCCCC(=O)OC(COCCCCCCCCCCCCCCCCCC)COP(=O)(O)OCC(N)C(=O)O. The first-order valence-corrected chi connectivity index (χ1v) is 24.4. The summed E-state index contributed by atoms with van der Waals surface area (Å²) in [6.45, 7) is 3.89. The van der Waals surface area contributed by atoms with E-state index in [1.54, 1.807) is 0 Å². The number of carbonyl (C=O) groups excluding carboxylic acids is 1. The minimum Gasteiger partial charge on any atom is -0.480 e. The van der Waals surface area contributed by atoms with E-state index >= 15 is 0 Å². The van der Waals surface area contributed by atoms with E-state index in [-0.39, 0.29) is 13.0 Å². The van der Waals surface area contributed by atoms with E-state index < -0.39 is 45.1 Å². The Hall–Kier alpha value is -1.55. The number of rotatable bonds is 44. The molecule has 0 saturated heterocycles. The molecule has 11 heteroatoms. The van der Waals surface area contributed by atoms with Gasteiger partial charge in [0.05, 0.1) is 19.8 Å². The molecule has 0 heterocycles. The minimum atomic E-state index is -4.62. The van der Waals surface area contributed by atoms with Gasteiger partial charge in [0, 0.05) is 13.0 Å². The molecule has 0 fully saturated rings. The van der Waals surface area contributed by atoms with E-state index in [4.69, 9.17) is 29.4 Å². The average Bonchev–Trinajstić information content (AvgIpc) is 3.18. The van der Waals surface area contributed by atoms with Gasteiger partial charge in [-0.15, -0.1) is 0 Å². The van der Waals surface area contributed by atoms with Gasteiger partial charge in [-0.25, -0.2) is 4.57 Å². The van der Waals surface area contributed by atoms with Crippen molar-refractivity contribution in [3.8, 4) is 0 Å². The summed E-state index contributed by atoms with van der Waals surface area (Å²) < 4.78 is 33.4. The number of aliphatic carboxylic acids is 1. The van der Waals surface area contributed by atoms with E-state index in [1.807, 2.05) is 0 Å². The fourth-order valence-corrected chi connectivity index (χ4v) is 7.18. The van der Waals surface area contributed by atoms with E-state index in [1.165, 1.54) is 135 Å². The fraction of sp³-hybridized carbons (Fsp3) is 0.867. The van der Waals surface area contributed by atoms with Crippen LogP contribution in [0, 0.1) is 0 Å². The van der Waals surface area contributed by atoms with Crippen LogP contribution >= 0.6 is 7.82 Å². The van der Waals surface area contributed by atoms with Gasteiger partial charge in [-0.2, -0.15) is 0 Å². The van der Waals surface area contributed by atoms with Gasteiger partial charge in [0.1, 0.15) is 12.1 Å². The second-order valence-electron chi connectivity index (χ2n) is 15.5. The standard InChI is InChI=1S/C45H86NO9P/c1-3-5-7-9-11-13-15-17-19-21-22-23-25-27-29-31-33-35-37-44(47)55-42(40-53-56(50,51)54-41-43(46)45(48)49)39-52-38-36-34-32-30-28-26-24-20-18-16-14-12-10-8-6-4-2/h13,15,19,21,42-43H,3-12,14,16-18,20,22-41,46H2,1-2H3,(H,48,49)(H,50,51)/b15-13-,21-19-. The number of hydrogen-bond acceptors (Lipinski definition) is 8. The third kappa shape index (κ3) is 40.6. The number of unbranched alkanes of at least 4 members (excludes halogenated alkanes) is 26. The van der Waals surface area contributed by atoms with E-state index in [2.05, 4.69) is 38.2 Å². The van der Waals surface area contributed by atoms with Crippen molar-refractivity contribution in [2.75, 3.05) is 26.4 Å². The Labute approximate surface area is 343 Å². The lowest BCUT2D eigenvalue weighted by atomic mass is 10.0. The third-order valence-electron chi connectivity index (χ3n) is 9.98. The Balaban J connectivity index is 4.21. The van der Waals surface area contributed by atoms with Crippen molar-refractivity contribution < 1.29 is 42.7 Å². The molecule has 0 aromatic rings. The largest absolute Gasteiger partial charge is 0.480 e. The van der Waals surface area contributed by atoms with Crippen molar-refractivity contribution in [1.29, 1.82) is 0 Å². The average molecular weight is 816 g/mol. The summed E-state index contributed by atoms with van der Waals surface area (Å²) in [4.78, 5) is 33.6. The highest BCUT2D eigenvalue weighted by Gasteiger charge is 2.27. The number of ether oxygens (including phenoxy) is 2. The van der Waals surface area contributed by atoms with Gasteiger partial charge in [-0.1, -0.05) is 186 Å². The van der Waals surface area contributed by atoms with Crippen LogP contribution in [0.3, 0.4) is 0 Å². The molecule has 330 valence electrons. The Morgan fingerprint density at radius 3 is 1.46 bits per heavy atom. The first kappa shape index (κ1) is 54.5. The molecule has 0 aromatic carbocycles. The molecular formula is C45H86NO9P. The molecule has 0 rings (SSSR count). The molecule has 0 aliphatic rings. The molecule has 3 atom stereocenters. The summed E-state index contributed by atoms with van der Waals surface area (Å²) in [5.41, 5.74) is 5.36. The van der Waals surface area contributed by atoms with Crippen LogP contribution in [0.2, 0.25) is 0 Å². The number of hydrogen-bond donors (Lipinski definition) is 3. The van der Waals surface area contributed by atoms with Crippen molar-refractivity contribution in [2.45, 2.75) is 225 Å². The van der Waals surface area contributed by atoms with Gasteiger partial charge in [-0.3, -0.25) is 18.6 Å². The first-order valence-electron chi connectivity index (χ1n) is 22.9. The number of carboxylic acid groups (broad SMARTS) is 1. The normalized spacial score (nSPS) is 14.1. The summed E-state index contributed by atoms with van der Waals surface area (Å²) in [5.74, 6) is -1.78. The molecule has 10 nitrogen and oxygen atoms in total. The molecule has 0 aliphatic carbocycles. The summed E-state index contributed by atoms with van der Waals surface area (Å²) in [5, 5.41) is 8.90. The van der Waals surface area contributed by atoms with Crippen molar-refractivity contribution in [1.82, 2.24) is 0 Å². The van der Waals surface area contributed by atoms with Crippen LogP contribution in [-0.2, 0) is 32.7 Å². The molecule has 0 saturated carbocycles. The summed E-state index contributed by atoms with van der Waals surface area (Å²) in [6, 6.07) is -1.47. The monoisotopic (exact) mass is 816 g/mol. The summed E-state index contributed by atoms with van der Waals surface area (Å²) in [7, 11) is -4.62. The summed E-state index contributed by atoms with van der Waals surface area (Å²) in [6.07, 6.45) is 45.1. The molecule has 3 unspecified atom stereocenters. The zero-order valence-electron chi connectivity index (χ0n) is 36.0. The fourth-order valence-electron chi connectivity index (χ4n) is 6.40. The van der Waals surface area contributed by atoms with Gasteiger partial charge in [-0.05, 0) is 44.9 Å². The second kappa shape index (κ2) is 41.6. The van der Waals surface area contributed by atoms with Gasteiger partial charge < -0.3 is 25.2 Å². The molecule has 0 spiro atoms. The predicted molar refractivity (Wildman–Crippen MR) is 231 cm³/mol. The third-order valence-corrected chi connectivity index (χ3v) is 10.9. The Morgan fingerprint density at radius 2 is 0.982 bits per heavy atom. The summed E-state index contributed by atoms with van der Waals surface area (Å²) >= 11 is 0. The number of carbonyl (C=O) groups is 2. The molecule has 0 radical (unpaired) electrons. The maximum atomic E-state index is 12.6. The number of carboxylic acids is 1. The quantitative estimate of drug-likeness (QED) is 0.0234. The topological polar surface area (TPSA) is 155 Å². The predicted octanol–water partition coefficient (Wildman–Crippen LogP) is 12.7. The second-order valence-corrected chi connectivity index (χ2v) is 17.0. The Bertz CT molecular complexity index is 993. The first-order chi connectivity index (χ1) is 27.2. The molecule has 0 aromatic heterocycles. The smallest absolute Gasteiger partial charge is 0.472 e. The van der Waals surface area contributed by atoms with Gasteiger partial charge >= 0.3 is 19.8 Å². The van der Waals surface area contributed by atoms with Crippen LogP contribution in [0.25, 0.3) is 0 Å². The van der Waals surface area contributed by atoms with Crippen LogP contribution in [-0.4, -0.2) is 60.5 Å². The van der Waals surface area contributed by atoms with Gasteiger partial charge in [0.15, 0.2) is 0 Å². The maximum Gasteiger partial charge on any atom is 0.472 e. The lowest BCUT2D eigenvalue weighted by Crippen LogP contribution is -2.34. The molecular weight excluding hydrogens is 729 g/mol. The van der Waals surface area contributed by atoms with E-state index in [0.717, 1.165) is 51.4 Å². The lowest BCUT2D eigenvalue weighted by Gasteiger charge is -2.20. The van der Waals surface area contributed by atoms with Crippen LogP contribution in [0.5, 0.6) is 0 Å². The van der Waals surface area contributed by atoms with Crippen LogP contribution < -0.4 is 5.73 Å². The van der Waals surface area contributed by atoms with Gasteiger partial charge in [0.25, 0.3) is 0 Å². The molecule has 56 heavy (non-hydrogen) atoms. The van der Waals surface area contributed by atoms with E-state index in [0.29, 0.717) is 13.0 Å². The van der Waals surface area contributed by atoms with E-state index in [9.17, 15) is 19.0 Å². The highest BCUT2D eigenvalue weighted by Crippen LogP contribution is 2.43. The lowest BCUT2D eigenvalue weighted by molar-refractivity contribution is -0.154. The molecule has 0 amide bonds. The molecule has 0 bridgehead atoms. The molecule has 4 N–H and O–H groups in total. The highest BCUT2D eigenvalue weighted by molar-refractivity contribution is 7.47. The van der Waals surface area contributed by atoms with Crippen molar-refractivity contribution >= 4 is 19.8 Å². The van der Waals surface area contributed by atoms with Gasteiger partial charge in [0.2, 0.25) is 0 Å². The Kier molecular flexibility index (Phi) is 40.5. The number of allylic oxidation sites excluding steroid dienone is 4. The minimum absolute atomic E-state index is 0.0180. The number of nitrogens with two attached hydrogens (primary N) is 1. The van der Waals surface area contributed by atoms with Crippen molar-refractivity contribution in [2.24, 2.45) is 5.73 Å². The zero-order chi connectivity index (χ0) is 41.2. The highest BCUT2D eigenvalue weighted by atomic mass is 31.2. The number of phosphoric acid groups is 1. The molecule has 0 aliphatic heterocycles. The maximum absolute atomic E-state index is 12.6.